The summed E-state index contributed by atoms with van der Waals surface area (Å²) in [6, 6.07) is 8.32. The molecular formula is C15H18ClN3O. The van der Waals surface area contributed by atoms with E-state index in [9.17, 15) is 0 Å². The SMILES string of the molecule is CNCC1OCCc2c(-c3ccncn3)cccc21.Cl. The number of nitrogens with zero attached hydrogens (tertiary/aromatic N) is 2. The number of rotatable bonds is 3. The number of hydrogen-bond donors (Lipinski definition) is 1. The van der Waals surface area contributed by atoms with Gasteiger partial charge in [-0.15, -0.1) is 12.4 Å². The predicted octanol–water partition coefficient (Wildman–Crippen LogP) is 2.40. The average molecular weight is 292 g/mol. The molecule has 4 nitrogen and oxygen atoms in total. The Bertz CT molecular complexity index is 562. The van der Waals surface area contributed by atoms with Crippen LogP contribution in [0.4, 0.5) is 0 Å². The Morgan fingerprint density at radius 3 is 3.00 bits per heavy atom. The number of aromatic nitrogens is 2. The highest BCUT2D eigenvalue weighted by Gasteiger charge is 2.22. The summed E-state index contributed by atoms with van der Waals surface area (Å²) < 4.78 is 5.84. The fourth-order valence-electron chi connectivity index (χ4n) is 2.62. The molecule has 0 bridgehead atoms. The quantitative estimate of drug-likeness (QED) is 0.943. The molecule has 0 amide bonds. The van der Waals surface area contributed by atoms with Crippen LogP contribution in [0, 0.1) is 0 Å². The average Bonchev–Trinajstić information content (AvgIpc) is 2.48. The maximum Gasteiger partial charge on any atom is 0.116 e. The van der Waals surface area contributed by atoms with Gasteiger partial charge < -0.3 is 10.1 Å². The van der Waals surface area contributed by atoms with Crippen LogP contribution in [0.2, 0.25) is 0 Å². The van der Waals surface area contributed by atoms with E-state index in [-0.39, 0.29) is 18.5 Å². The number of benzene rings is 1. The molecule has 0 spiro atoms. The molecule has 1 unspecified atom stereocenters. The van der Waals surface area contributed by atoms with Crippen LogP contribution in [-0.4, -0.2) is 30.2 Å². The molecule has 2 aromatic rings. The second-order valence-electron chi connectivity index (χ2n) is 4.64. The molecule has 1 aliphatic heterocycles. The Balaban J connectivity index is 0.00000147. The molecule has 0 radical (unpaired) electrons. The first-order valence-electron chi connectivity index (χ1n) is 6.54. The van der Waals surface area contributed by atoms with Crippen molar-refractivity contribution in [2.24, 2.45) is 0 Å². The molecule has 0 aliphatic carbocycles. The Hall–Kier alpha value is -1.49. The van der Waals surface area contributed by atoms with Gasteiger partial charge in [-0.3, -0.25) is 0 Å². The zero-order valence-electron chi connectivity index (χ0n) is 11.4. The first kappa shape index (κ1) is 14.9. The number of halogens is 1. The highest BCUT2D eigenvalue weighted by atomic mass is 35.5. The van der Waals surface area contributed by atoms with Crippen LogP contribution < -0.4 is 5.32 Å². The molecular weight excluding hydrogens is 274 g/mol. The lowest BCUT2D eigenvalue weighted by Crippen LogP contribution is -2.25. The second kappa shape index (κ2) is 6.79. The molecule has 1 atom stereocenters. The molecule has 3 rings (SSSR count). The number of ether oxygens (including phenoxy) is 1. The van der Waals surface area contributed by atoms with Gasteiger partial charge in [0, 0.05) is 18.3 Å². The molecule has 20 heavy (non-hydrogen) atoms. The van der Waals surface area contributed by atoms with E-state index in [1.807, 2.05) is 13.1 Å². The van der Waals surface area contributed by atoms with Crippen LogP contribution in [0.5, 0.6) is 0 Å². The number of nitrogens with one attached hydrogen (secondary N) is 1. The summed E-state index contributed by atoms with van der Waals surface area (Å²) in [4.78, 5) is 8.34. The van der Waals surface area contributed by atoms with Crippen LogP contribution in [0.1, 0.15) is 17.2 Å². The van der Waals surface area contributed by atoms with Gasteiger partial charge >= 0.3 is 0 Å². The Labute approximate surface area is 125 Å². The van der Waals surface area contributed by atoms with E-state index >= 15 is 0 Å². The van der Waals surface area contributed by atoms with Crippen LogP contribution >= 0.6 is 12.4 Å². The molecule has 0 fully saturated rings. The third kappa shape index (κ3) is 2.82. The maximum absolute atomic E-state index is 5.84. The van der Waals surface area contributed by atoms with E-state index in [4.69, 9.17) is 4.74 Å². The second-order valence-corrected chi connectivity index (χ2v) is 4.64. The van der Waals surface area contributed by atoms with Gasteiger partial charge in [0.1, 0.15) is 6.33 Å². The Morgan fingerprint density at radius 1 is 1.35 bits per heavy atom. The van der Waals surface area contributed by atoms with Gasteiger partial charge in [0.05, 0.1) is 18.4 Å². The standard InChI is InChI=1S/C15H17N3O.ClH/c1-16-9-15-13-4-2-3-12(11(13)6-8-19-15)14-5-7-17-10-18-14;/h2-5,7,10,15-16H,6,8-9H2,1H3;1H. The van der Waals surface area contributed by atoms with Gasteiger partial charge in [0.2, 0.25) is 0 Å². The number of likely N-dealkylation sites (N-methyl/N-ethyl adjacent to an activating group) is 1. The van der Waals surface area contributed by atoms with Crippen LogP contribution in [0.3, 0.4) is 0 Å². The van der Waals surface area contributed by atoms with E-state index in [1.165, 1.54) is 16.7 Å². The highest BCUT2D eigenvalue weighted by molar-refractivity contribution is 5.85. The van der Waals surface area contributed by atoms with E-state index in [0.29, 0.717) is 0 Å². The first-order chi connectivity index (χ1) is 9.40. The molecule has 1 N–H and O–H groups in total. The zero-order valence-corrected chi connectivity index (χ0v) is 12.2. The summed E-state index contributed by atoms with van der Waals surface area (Å²) in [6.07, 6.45) is 4.46. The molecule has 106 valence electrons. The van der Waals surface area contributed by atoms with Gasteiger partial charge in [0.25, 0.3) is 0 Å². The summed E-state index contributed by atoms with van der Waals surface area (Å²) in [5, 5.41) is 3.19. The lowest BCUT2D eigenvalue weighted by Gasteiger charge is -2.27. The summed E-state index contributed by atoms with van der Waals surface area (Å²) in [6.45, 7) is 1.60. The predicted molar refractivity (Wildman–Crippen MR) is 81.0 cm³/mol. The molecule has 0 saturated carbocycles. The van der Waals surface area contributed by atoms with Gasteiger partial charge in [-0.1, -0.05) is 18.2 Å². The van der Waals surface area contributed by atoms with Crippen molar-refractivity contribution >= 4 is 12.4 Å². The molecule has 1 aliphatic rings. The van der Waals surface area contributed by atoms with Crippen molar-refractivity contribution in [1.82, 2.24) is 15.3 Å². The van der Waals surface area contributed by atoms with Gasteiger partial charge in [-0.2, -0.15) is 0 Å². The molecule has 5 heteroatoms. The van der Waals surface area contributed by atoms with Crippen LogP contribution in [0.25, 0.3) is 11.3 Å². The Morgan fingerprint density at radius 2 is 2.25 bits per heavy atom. The minimum absolute atomic E-state index is 0. The van der Waals surface area contributed by atoms with E-state index in [2.05, 4.69) is 33.5 Å². The molecule has 1 aromatic carbocycles. The topological polar surface area (TPSA) is 47.0 Å². The maximum atomic E-state index is 5.84. The lowest BCUT2D eigenvalue weighted by molar-refractivity contribution is 0.0440. The van der Waals surface area contributed by atoms with Crippen molar-refractivity contribution in [3.63, 3.8) is 0 Å². The first-order valence-corrected chi connectivity index (χ1v) is 6.54. The minimum atomic E-state index is 0. The van der Waals surface area contributed by atoms with Crippen LogP contribution in [0.15, 0.2) is 36.8 Å². The molecule has 2 heterocycles. The van der Waals surface area contributed by atoms with Crippen LogP contribution in [-0.2, 0) is 11.2 Å². The van der Waals surface area contributed by atoms with Crippen molar-refractivity contribution in [3.8, 4) is 11.3 Å². The normalized spacial score (nSPS) is 17.1. The van der Waals surface area contributed by atoms with E-state index in [0.717, 1.165) is 25.3 Å². The fraction of sp³-hybridized carbons (Fsp3) is 0.333. The lowest BCUT2D eigenvalue weighted by atomic mass is 9.91. The number of hydrogen-bond acceptors (Lipinski definition) is 4. The van der Waals surface area contributed by atoms with E-state index < -0.39 is 0 Å². The Kier molecular flexibility index (Phi) is 5.06. The highest BCUT2D eigenvalue weighted by Crippen LogP contribution is 2.33. The third-order valence-electron chi connectivity index (χ3n) is 3.48. The minimum Gasteiger partial charge on any atom is -0.372 e. The smallest absolute Gasteiger partial charge is 0.116 e. The van der Waals surface area contributed by atoms with Crippen molar-refractivity contribution < 1.29 is 4.74 Å². The van der Waals surface area contributed by atoms with Crippen molar-refractivity contribution in [1.29, 1.82) is 0 Å². The monoisotopic (exact) mass is 291 g/mol. The number of fused-ring (bicyclic) bond motifs is 1. The van der Waals surface area contributed by atoms with Gasteiger partial charge in [-0.25, -0.2) is 9.97 Å². The van der Waals surface area contributed by atoms with Gasteiger partial charge in [-0.05, 0) is 30.7 Å². The summed E-state index contributed by atoms with van der Waals surface area (Å²) in [7, 11) is 1.95. The third-order valence-corrected chi connectivity index (χ3v) is 3.48. The van der Waals surface area contributed by atoms with Crippen molar-refractivity contribution in [2.45, 2.75) is 12.5 Å². The summed E-state index contributed by atoms with van der Waals surface area (Å²) in [5.41, 5.74) is 4.81. The molecule has 1 aromatic heterocycles. The fourth-order valence-corrected chi connectivity index (χ4v) is 2.62. The zero-order chi connectivity index (χ0) is 13.1. The largest absolute Gasteiger partial charge is 0.372 e. The summed E-state index contributed by atoms with van der Waals surface area (Å²) >= 11 is 0. The molecule has 0 saturated heterocycles. The summed E-state index contributed by atoms with van der Waals surface area (Å²) in [5.74, 6) is 0. The van der Waals surface area contributed by atoms with Crippen molar-refractivity contribution in [3.05, 3.63) is 47.9 Å². The van der Waals surface area contributed by atoms with E-state index in [1.54, 1.807) is 12.5 Å². The van der Waals surface area contributed by atoms with Crippen molar-refractivity contribution in [2.75, 3.05) is 20.2 Å². The van der Waals surface area contributed by atoms with Gasteiger partial charge in [0.15, 0.2) is 0 Å².